The number of urea groups is 1. The van der Waals surface area contributed by atoms with Gasteiger partial charge in [-0.3, -0.25) is 0 Å². The lowest BCUT2D eigenvalue weighted by molar-refractivity contribution is -0.141. The number of aliphatic carboxylic acids is 1. The second-order valence-electron chi connectivity index (χ2n) is 4.39. The maximum absolute atomic E-state index is 11.8. The van der Waals surface area contributed by atoms with E-state index in [2.05, 4.69) is 5.32 Å². The highest BCUT2D eigenvalue weighted by Crippen LogP contribution is 2.17. The molecule has 1 fully saturated rings. The fraction of sp³-hybridized carbons (Fsp3) is 0.833. The van der Waals surface area contributed by atoms with Gasteiger partial charge >= 0.3 is 12.0 Å². The molecule has 6 nitrogen and oxygen atoms in total. The Morgan fingerprint density at radius 2 is 2.22 bits per heavy atom. The second kappa shape index (κ2) is 7.92. The van der Waals surface area contributed by atoms with Gasteiger partial charge in [-0.25, -0.2) is 9.59 Å². The van der Waals surface area contributed by atoms with Gasteiger partial charge in [-0.05, 0) is 25.7 Å². The topological polar surface area (TPSA) is 78.9 Å². The molecule has 1 unspecified atom stereocenters. The summed E-state index contributed by atoms with van der Waals surface area (Å²) >= 11 is 0. The number of hydrogen-bond acceptors (Lipinski definition) is 3. The van der Waals surface area contributed by atoms with Gasteiger partial charge in [-0.15, -0.1) is 0 Å². The van der Waals surface area contributed by atoms with E-state index < -0.39 is 12.0 Å². The van der Waals surface area contributed by atoms with Crippen molar-refractivity contribution in [3.8, 4) is 0 Å². The van der Waals surface area contributed by atoms with E-state index in [0.717, 1.165) is 25.9 Å². The van der Waals surface area contributed by atoms with E-state index in [-0.39, 0.29) is 6.03 Å². The number of carboxylic acids is 1. The quantitative estimate of drug-likeness (QED) is 0.669. The van der Waals surface area contributed by atoms with Crippen molar-refractivity contribution in [2.75, 3.05) is 26.3 Å². The van der Waals surface area contributed by atoms with E-state index in [1.165, 1.54) is 4.90 Å². The van der Waals surface area contributed by atoms with Gasteiger partial charge in [-0.2, -0.15) is 0 Å². The SMILES string of the molecule is CCCOCCCNC(=O)N1CCCC1C(=O)O. The predicted octanol–water partition coefficient (Wildman–Crippen LogP) is 1.06. The number of carboxylic acid groups (broad SMARTS) is 1. The molecule has 0 aromatic rings. The Balaban J connectivity index is 2.18. The number of hydrogen-bond donors (Lipinski definition) is 2. The van der Waals surface area contributed by atoms with Gasteiger partial charge in [0.05, 0.1) is 0 Å². The Kier molecular flexibility index (Phi) is 6.49. The summed E-state index contributed by atoms with van der Waals surface area (Å²) < 4.78 is 5.29. The van der Waals surface area contributed by atoms with E-state index in [1.54, 1.807) is 0 Å². The van der Waals surface area contributed by atoms with Crippen LogP contribution in [0.5, 0.6) is 0 Å². The molecule has 0 spiro atoms. The van der Waals surface area contributed by atoms with Crippen LogP contribution >= 0.6 is 0 Å². The van der Waals surface area contributed by atoms with Crippen LogP contribution in [0.15, 0.2) is 0 Å². The fourth-order valence-corrected chi connectivity index (χ4v) is 1.98. The number of nitrogens with zero attached hydrogens (tertiary/aromatic N) is 1. The van der Waals surface area contributed by atoms with Crippen LogP contribution in [0.25, 0.3) is 0 Å². The zero-order valence-corrected chi connectivity index (χ0v) is 10.9. The Morgan fingerprint density at radius 3 is 2.89 bits per heavy atom. The van der Waals surface area contributed by atoms with Crippen molar-refractivity contribution in [3.63, 3.8) is 0 Å². The third-order valence-corrected chi connectivity index (χ3v) is 2.89. The number of nitrogens with one attached hydrogen (secondary N) is 1. The zero-order valence-electron chi connectivity index (χ0n) is 10.9. The summed E-state index contributed by atoms with van der Waals surface area (Å²) in [5.74, 6) is -0.922. The Morgan fingerprint density at radius 1 is 1.44 bits per heavy atom. The predicted molar refractivity (Wildman–Crippen MR) is 66.5 cm³/mol. The van der Waals surface area contributed by atoms with Gasteiger partial charge < -0.3 is 20.1 Å². The summed E-state index contributed by atoms with van der Waals surface area (Å²) in [7, 11) is 0. The molecule has 0 bridgehead atoms. The first-order valence-corrected chi connectivity index (χ1v) is 6.51. The second-order valence-corrected chi connectivity index (χ2v) is 4.39. The number of carbonyl (C=O) groups excluding carboxylic acids is 1. The minimum atomic E-state index is -0.922. The van der Waals surface area contributed by atoms with Crippen LogP contribution in [0.2, 0.25) is 0 Å². The molecule has 6 heteroatoms. The first-order chi connectivity index (χ1) is 8.66. The van der Waals surface area contributed by atoms with Gasteiger partial charge in [0.25, 0.3) is 0 Å². The number of amides is 2. The molecule has 1 saturated heterocycles. The molecule has 0 aromatic carbocycles. The number of carbonyl (C=O) groups is 2. The van der Waals surface area contributed by atoms with E-state index in [1.807, 2.05) is 6.92 Å². The monoisotopic (exact) mass is 258 g/mol. The summed E-state index contributed by atoms with van der Waals surface area (Å²) in [6.07, 6.45) is 3.03. The molecule has 1 aliphatic heterocycles. The Labute approximate surface area is 107 Å². The van der Waals surface area contributed by atoms with Crippen LogP contribution in [0.3, 0.4) is 0 Å². The van der Waals surface area contributed by atoms with Crippen LogP contribution in [-0.2, 0) is 9.53 Å². The molecule has 1 heterocycles. The molecule has 0 aliphatic carbocycles. The average Bonchev–Trinajstić information content (AvgIpc) is 2.82. The highest BCUT2D eigenvalue weighted by Gasteiger charge is 2.33. The van der Waals surface area contributed by atoms with Crippen LogP contribution in [0.4, 0.5) is 4.79 Å². The highest BCUT2D eigenvalue weighted by molar-refractivity contribution is 5.83. The molecule has 0 saturated carbocycles. The lowest BCUT2D eigenvalue weighted by atomic mass is 10.2. The van der Waals surface area contributed by atoms with E-state index >= 15 is 0 Å². The van der Waals surface area contributed by atoms with Gasteiger partial charge in [0.2, 0.25) is 0 Å². The van der Waals surface area contributed by atoms with Crippen LogP contribution in [0.1, 0.15) is 32.6 Å². The first-order valence-electron chi connectivity index (χ1n) is 6.51. The smallest absolute Gasteiger partial charge is 0.326 e. The maximum Gasteiger partial charge on any atom is 0.326 e. The fourth-order valence-electron chi connectivity index (χ4n) is 1.98. The molecule has 0 aromatic heterocycles. The maximum atomic E-state index is 11.8. The standard InChI is InChI=1S/C12H22N2O4/c1-2-8-18-9-4-6-13-12(17)14-7-3-5-10(14)11(15)16/h10H,2-9H2,1H3,(H,13,17)(H,15,16). The number of rotatable bonds is 7. The first kappa shape index (κ1) is 14.8. The van der Waals surface area contributed by atoms with Gasteiger partial charge in [0, 0.05) is 26.3 Å². The van der Waals surface area contributed by atoms with E-state index in [9.17, 15) is 9.59 Å². The van der Waals surface area contributed by atoms with Crippen molar-refractivity contribution in [1.82, 2.24) is 10.2 Å². The van der Waals surface area contributed by atoms with Crippen molar-refractivity contribution in [2.24, 2.45) is 0 Å². The van der Waals surface area contributed by atoms with Crippen molar-refractivity contribution in [2.45, 2.75) is 38.6 Å². The lowest BCUT2D eigenvalue weighted by Gasteiger charge is -2.21. The van der Waals surface area contributed by atoms with Crippen LogP contribution in [-0.4, -0.2) is 54.4 Å². The molecule has 104 valence electrons. The highest BCUT2D eigenvalue weighted by atomic mass is 16.5. The van der Waals surface area contributed by atoms with Gasteiger partial charge in [0.1, 0.15) is 6.04 Å². The van der Waals surface area contributed by atoms with Crippen molar-refractivity contribution in [1.29, 1.82) is 0 Å². The summed E-state index contributed by atoms with van der Waals surface area (Å²) in [6, 6.07) is -0.947. The van der Waals surface area contributed by atoms with E-state index in [4.69, 9.17) is 9.84 Å². The van der Waals surface area contributed by atoms with Gasteiger partial charge in [-0.1, -0.05) is 6.92 Å². The minimum absolute atomic E-state index is 0.282. The third-order valence-electron chi connectivity index (χ3n) is 2.89. The molecular formula is C12H22N2O4. The number of likely N-dealkylation sites (tertiary alicyclic amines) is 1. The summed E-state index contributed by atoms with van der Waals surface area (Å²) in [5, 5.41) is 11.7. The van der Waals surface area contributed by atoms with Gasteiger partial charge in [0.15, 0.2) is 0 Å². The van der Waals surface area contributed by atoms with Crippen LogP contribution < -0.4 is 5.32 Å². The molecule has 1 aliphatic rings. The average molecular weight is 258 g/mol. The Hall–Kier alpha value is -1.30. The summed E-state index contributed by atoms with van der Waals surface area (Å²) in [6.45, 7) is 4.44. The third kappa shape index (κ3) is 4.52. The summed E-state index contributed by atoms with van der Waals surface area (Å²) in [5.41, 5.74) is 0. The Bertz CT molecular complexity index is 283. The molecule has 0 radical (unpaired) electrons. The molecule has 18 heavy (non-hydrogen) atoms. The zero-order chi connectivity index (χ0) is 13.4. The van der Waals surface area contributed by atoms with Crippen molar-refractivity contribution in [3.05, 3.63) is 0 Å². The molecular weight excluding hydrogens is 236 g/mol. The molecule has 1 rings (SSSR count). The number of ether oxygens (including phenoxy) is 1. The van der Waals surface area contributed by atoms with Crippen LogP contribution in [0, 0.1) is 0 Å². The normalized spacial score (nSPS) is 18.9. The minimum Gasteiger partial charge on any atom is -0.480 e. The van der Waals surface area contributed by atoms with E-state index in [0.29, 0.717) is 26.1 Å². The largest absolute Gasteiger partial charge is 0.480 e. The molecule has 2 N–H and O–H groups in total. The summed E-state index contributed by atoms with van der Waals surface area (Å²) in [4.78, 5) is 24.1. The van der Waals surface area contributed by atoms with Crippen molar-refractivity contribution >= 4 is 12.0 Å². The molecule has 2 amide bonds. The lowest BCUT2D eigenvalue weighted by Crippen LogP contribution is -2.46. The van der Waals surface area contributed by atoms with Crippen molar-refractivity contribution < 1.29 is 19.4 Å². The molecule has 1 atom stereocenters.